The molecule has 1 heterocycles. The number of hydrogen-bond donors (Lipinski definition) is 1. The predicted octanol–water partition coefficient (Wildman–Crippen LogP) is 1.91. The second-order valence-corrected chi connectivity index (χ2v) is 5.30. The number of rotatable bonds is 6. The predicted molar refractivity (Wildman–Crippen MR) is 78.9 cm³/mol. The molecule has 5 nitrogen and oxygen atoms in total. The van der Waals surface area contributed by atoms with Crippen molar-refractivity contribution in [2.45, 2.75) is 25.4 Å². The van der Waals surface area contributed by atoms with Crippen LogP contribution >= 0.6 is 0 Å². The minimum atomic E-state index is -0.208. The summed E-state index contributed by atoms with van der Waals surface area (Å²) in [6.45, 7) is 0.617. The van der Waals surface area contributed by atoms with Gasteiger partial charge in [-0.15, -0.1) is 0 Å². The number of methoxy groups -OCH3 is 1. The molecule has 21 heavy (non-hydrogen) atoms. The highest BCUT2D eigenvalue weighted by atomic mass is 16.5. The summed E-state index contributed by atoms with van der Waals surface area (Å²) >= 11 is 0. The fraction of sp³-hybridized carbons (Fsp3) is 0.375. The minimum Gasteiger partial charge on any atom is -0.468 e. The second-order valence-electron chi connectivity index (χ2n) is 5.30. The third kappa shape index (κ3) is 3.13. The molecule has 1 N–H and O–H groups in total. The van der Waals surface area contributed by atoms with Crippen LogP contribution in [0.3, 0.4) is 0 Å². The average molecular weight is 285 g/mol. The van der Waals surface area contributed by atoms with Crippen molar-refractivity contribution in [3.05, 3.63) is 48.3 Å². The Kier molecular flexibility index (Phi) is 4.01. The Labute approximate surface area is 123 Å². The van der Waals surface area contributed by atoms with Gasteiger partial charge in [0.1, 0.15) is 6.04 Å². The van der Waals surface area contributed by atoms with Crippen LogP contribution in [0.5, 0.6) is 0 Å². The molecule has 2 aromatic rings. The van der Waals surface area contributed by atoms with Gasteiger partial charge >= 0.3 is 5.97 Å². The van der Waals surface area contributed by atoms with Crippen LogP contribution < -0.4 is 5.32 Å². The smallest absolute Gasteiger partial charge is 0.323 e. The number of para-hydroxylation sites is 1. The van der Waals surface area contributed by atoms with E-state index < -0.39 is 0 Å². The fourth-order valence-electron chi connectivity index (χ4n) is 2.51. The van der Waals surface area contributed by atoms with E-state index in [1.54, 1.807) is 6.20 Å². The van der Waals surface area contributed by atoms with Gasteiger partial charge in [-0.1, -0.05) is 18.2 Å². The summed E-state index contributed by atoms with van der Waals surface area (Å²) in [5, 5.41) is 7.61. The highest BCUT2D eigenvalue weighted by Gasteiger charge is 2.36. The van der Waals surface area contributed by atoms with Crippen LogP contribution in [0.25, 0.3) is 5.69 Å². The molecule has 0 radical (unpaired) electrons. The van der Waals surface area contributed by atoms with Gasteiger partial charge in [0.25, 0.3) is 0 Å². The van der Waals surface area contributed by atoms with Crippen molar-refractivity contribution in [2.75, 3.05) is 7.11 Å². The van der Waals surface area contributed by atoms with Crippen molar-refractivity contribution in [1.82, 2.24) is 15.1 Å². The molecular weight excluding hydrogens is 266 g/mol. The highest BCUT2D eigenvalue weighted by Crippen LogP contribution is 2.33. The van der Waals surface area contributed by atoms with E-state index in [4.69, 9.17) is 4.74 Å². The molecule has 1 atom stereocenters. The summed E-state index contributed by atoms with van der Waals surface area (Å²) in [5.74, 6) is 0.239. The molecule has 110 valence electrons. The number of esters is 1. The molecule has 3 rings (SSSR count). The first-order chi connectivity index (χ1) is 10.3. The summed E-state index contributed by atoms with van der Waals surface area (Å²) in [6, 6.07) is 9.74. The molecule has 1 fully saturated rings. The van der Waals surface area contributed by atoms with Gasteiger partial charge in [0, 0.05) is 18.9 Å². The zero-order valence-corrected chi connectivity index (χ0v) is 12.0. The van der Waals surface area contributed by atoms with Crippen LogP contribution in [0.4, 0.5) is 0 Å². The van der Waals surface area contributed by atoms with Gasteiger partial charge < -0.3 is 4.74 Å². The number of nitrogens with zero attached hydrogens (tertiary/aromatic N) is 2. The van der Waals surface area contributed by atoms with E-state index in [2.05, 4.69) is 10.4 Å². The first-order valence-corrected chi connectivity index (χ1v) is 7.18. The SMILES string of the molecule is COC(=O)C(NCc1ccccc1-n1cccn1)C1CC1. The lowest BCUT2D eigenvalue weighted by Gasteiger charge is -2.17. The Balaban J connectivity index is 1.74. The molecule has 1 unspecified atom stereocenters. The number of carbonyl (C=O) groups is 1. The molecule has 0 bridgehead atoms. The Morgan fingerprint density at radius 2 is 2.24 bits per heavy atom. The van der Waals surface area contributed by atoms with Crippen molar-refractivity contribution in [3.63, 3.8) is 0 Å². The van der Waals surface area contributed by atoms with Crippen molar-refractivity contribution >= 4 is 5.97 Å². The van der Waals surface area contributed by atoms with Gasteiger partial charge in [-0.05, 0) is 36.5 Å². The third-order valence-electron chi connectivity index (χ3n) is 3.80. The Morgan fingerprint density at radius 3 is 2.90 bits per heavy atom. The first-order valence-electron chi connectivity index (χ1n) is 7.18. The van der Waals surface area contributed by atoms with Crippen LogP contribution in [0.15, 0.2) is 42.7 Å². The summed E-state index contributed by atoms with van der Waals surface area (Å²) in [7, 11) is 1.44. The Hall–Kier alpha value is -2.14. The largest absolute Gasteiger partial charge is 0.468 e. The monoisotopic (exact) mass is 285 g/mol. The molecule has 1 aromatic carbocycles. The summed E-state index contributed by atoms with van der Waals surface area (Å²) in [5.41, 5.74) is 2.13. The molecule has 1 aliphatic carbocycles. The first kappa shape index (κ1) is 13.8. The topological polar surface area (TPSA) is 56.1 Å². The number of ether oxygens (including phenoxy) is 1. The van der Waals surface area contributed by atoms with Crippen LogP contribution in [0.2, 0.25) is 0 Å². The molecule has 1 aromatic heterocycles. The molecule has 0 saturated heterocycles. The maximum Gasteiger partial charge on any atom is 0.323 e. The fourth-order valence-corrected chi connectivity index (χ4v) is 2.51. The Bertz CT molecular complexity index is 606. The number of carbonyl (C=O) groups excluding carboxylic acids is 1. The van der Waals surface area contributed by atoms with Gasteiger partial charge in [0.15, 0.2) is 0 Å². The standard InChI is InChI=1S/C16H19N3O2/c1-21-16(20)15(12-7-8-12)17-11-13-5-2-3-6-14(13)19-10-4-9-18-19/h2-6,9-10,12,15,17H,7-8,11H2,1H3. The lowest BCUT2D eigenvalue weighted by molar-refractivity contribution is -0.143. The van der Waals surface area contributed by atoms with Crippen LogP contribution in [0.1, 0.15) is 18.4 Å². The van der Waals surface area contributed by atoms with E-state index in [1.807, 2.05) is 41.2 Å². The summed E-state index contributed by atoms with van der Waals surface area (Å²) in [4.78, 5) is 11.8. The number of aromatic nitrogens is 2. The minimum absolute atomic E-state index is 0.172. The van der Waals surface area contributed by atoms with Crippen LogP contribution in [0, 0.1) is 5.92 Å². The maximum absolute atomic E-state index is 11.8. The van der Waals surface area contributed by atoms with Crippen molar-refractivity contribution in [1.29, 1.82) is 0 Å². The highest BCUT2D eigenvalue weighted by molar-refractivity contribution is 5.76. The maximum atomic E-state index is 11.8. The van der Waals surface area contributed by atoms with E-state index in [1.165, 1.54) is 7.11 Å². The zero-order chi connectivity index (χ0) is 14.7. The number of nitrogens with one attached hydrogen (secondary N) is 1. The van der Waals surface area contributed by atoms with Gasteiger partial charge in [0.05, 0.1) is 12.8 Å². The van der Waals surface area contributed by atoms with Crippen molar-refractivity contribution in [2.24, 2.45) is 5.92 Å². The lowest BCUT2D eigenvalue weighted by Crippen LogP contribution is -2.39. The van der Waals surface area contributed by atoms with Crippen molar-refractivity contribution in [3.8, 4) is 5.69 Å². The van der Waals surface area contributed by atoms with Crippen LogP contribution in [-0.2, 0) is 16.1 Å². The molecular formula is C16H19N3O2. The van der Waals surface area contributed by atoms with Gasteiger partial charge in [-0.3, -0.25) is 10.1 Å². The van der Waals surface area contributed by atoms with Crippen molar-refractivity contribution < 1.29 is 9.53 Å². The zero-order valence-electron chi connectivity index (χ0n) is 12.0. The van der Waals surface area contributed by atoms with Gasteiger partial charge in [0.2, 0.25) is 0 Å². The summed E-state index contributed by atoms with van der Waals surface area (Å²) in [6.07, 6.45) is 5.85. The average Bonchev–Trinajstić information content (AvgIpc) is 3.21. The summed E-state index contributed by atoms with van der Waals surface area (Å²) < 4.78 is 6.72. The molecule has 1 aliphatic rings. The van der Waals surface area contributed by atoms with E-state index >= 15 is 0 Å². The van der Waals surface area contributed by atoms with E-state index in [0.717, 1.165) is 24.1 Å². The number of hydrogen-bond acceptors (Lipinski definition) is 4. The quantitative estimate of drug-likeness (QED) is 0.824. The third-order valence-corrected chi connectivity index (χ3v) is 3.80. The molecule has 1 saturated carbocycles. The lowest BCUT2D eigenvalue weighted by atomic mass is 10.1. The van der Waals surface area contributed by atoms with E-state index in [0.29, 0.717) is 12.5 Å². The normalized spacial score (nSPS) is 15.7. The van der Waals surface area contributed by atoms with Gasteiger partial charge in [-0.2, -0.15) is 5.10 Å². The van der Waals surface area contributed by atoms with E-state index in [9.17, 15) is 4.79 Å². The number of benzene rings is 1. The van der Waals surface area contributed by atoms with Gasteiger partial charge in [-0.25, -0.2) is 4.68 Å². The molecule has 0 aliphatic heterocycles. The Morgan fingerprint density at radius 1 is 1.43 bits per heavy atom. The van der Waals surface area contributed by atoms with Crippen LogP contribution in [-0.4, -0.2) is 28.9 Å². The van der Waals surface area contributed by atoms with E-state index in [-0.39, 0.29) is 12.0 Å². The molecule has 0 spiro atoms. The molecule has 5 heteroatoms. The second kappa shape index (κ2) is 6.10. The molecule has 0 amide bonds.